The van der Waals surface area contributed by atoms with Gasteiger partial charge in [-0.3, -0.25) is 0 Å². The Kier molecular flexibility index (Phi) is 2.76. The van der Waals surface area contributed by atoms with E-state index in [1.165, 1.54) is 0 Å². The van der Waals surface area contributed by atoms with Crippen LogP contribution in [0.4, 0.5) is 5.95 Å². The van der Waals surface area contributed by atoms with Crippen molar-refractivity contribution in [3.8, 4) is 5.75 Å². The minimum absolute atomic E-state index is 0.434. The number of benzene rings is 1. The minimum atomic E-state index is 0.434. The van der Waals surface area contributed by atoms with E-state index in [0.717, 1.165) is 17.1 Å². The molecule has 0 bridgehead atoms. The maximum atomic E-state index is 5.61. The molecule has 0 aliphatic rings. The maximum Gasteiger partial charge on any atom is 0.218 e. The highest BCUT2D eigenvalue weighted by atomic mass is 16.5. The monoisotopic (exact) mass is 218 g/mol. The summed E-state index contributed by atoms with van der Waals surface area (Å²) in [6.07, 6.45) is 0.676. The Labute approximate surface area is 93.9 Å². The number of aromatic nitrogens is 3. The van der Waals surface area contributed by atoms with Gasteiger partial charge in [0.1, 0.15) is 5.75 Å². The van der Waals surface area contributed by atoms with Gasteiger partial charge in [0.05, 0.1) is 7.11 Å². The van der Waals surface area contributed by atoms with Crippen LogP contribution in [0.1, 0.15) is 11.4 Å². The number of aryl methyl sites for hydroxylation is 1. The summed E-state index contributed by atoms with van der Waals surface area (Å²) in [4.78, 5) is 4.15. The molecule has 1 aromatic heterocycles. The number of nitrogen functional groups attached to an aromatic ring is 1. The van der Waals surface area contributed by atoms with E-state index >= 15 is 0 Å². The lowest BCUT2D eigenvalue weighted by Crippen LogP contribution is -1.97. The third kappa shape index (κ3) is 2.13. The Balaban J connectivity index is 2.14. The van der Waals surface area contributed by atoms with E-state index in [0.29, 0.717) is 12.4 Å². The van der Waals surface area contributed by atoms with E-state index in [4.69, 9.17) is 10.5 Å². The van der Waals surface area contributed by atoms with Crippen molar-refractivity contribution in [1.82, 2.24) is 14.8 Å². The number of rotatable bonds is 3. The van der Waals surface area contributed by atoms with E-state index in [-0.39, 0.29) is 0 Å². The molecule has 2 N–H and O–H groups in total. The zero-order chi connectivity index (χ0) is 11.5. The van der Waals surface area contributed by atoms with Crippen LogP contribution in [-0.2, 0) is 13.5 Å². The first-order valence-electron chi connectivity index (χ1n) is 4.97. The van der Waals surface area contributed by atoms with Crippen LogP contribution in [0, 0.1) is 0 Å². The highest BCUT2D eigenvalue weighted by Crippen LogP contribution is 2.13. The molecule has 0 aliphatic carbocycles. The molecule has 0 aliphatic heterocycles. The van der Waals surface area contributed by atoms with Gasteiger partial charge in [-0.15, -0.1) is 0 Å². The van der Waals surface area contributed by atoms with Crippen LogP contribution >= 0.6 is 0 Å². The van der Waals surface area contributed by atoms with Crippen LogP contribution in [0.15, 0.2) is 24.3 Å². The zero-order valence-corrected chi connectivity index (χ0v) is 9.34. The topological polar surface area (TPSA) is 66.0 Å². The Hall–Kier alpha value is -2.04. The number of ether oxygens (including phenoxy) is 1. The van der Waals surface area contributed by atoms with E-state index in [2.05, 4.69) is 10.1 Å². The van der Waals surface area contributed by atoms with Crippen molar-refractivity contribution in [3.05, 3.63) is 35.7 Å². The lowest BCUT2D eigenvalue weighted by molar-refractivity contribution is 0.414. The van der Waals surface area contributed by atoms with E-state index < -0.39 is 0 Å². The molecule has 0 unspecified atom stereocenters. The second-order valence-corrected chi connectivity index (χ2v) is 3.53. The third-order valence-electron chi connectivity index (χ3n) is 2.36. The molecule has 84 valence electrons. The van der Waals surface area contributed by atoms with Gasteiger partial charge in [-0.25, -0.2) is 4.68 Å². The standard InChI is InChI=1S/C11H14N4O/c1-15-11(12)13-10(14-15)7-8-3-5-9(16-2)6-4-8/h3-6H,7H2,1-2H3,(H2,12,13,14). The van der Waals surface area contributed by atoms with Gasteiger partial charge in [0.25, 0.3) is 0 Å². The largest absolute Gasteiger partial charge is 0.497 e. The minimum Gasteiger partial charge on any atom is -0.497 e. The Morgan fingerprint density at radius 2 is 2.00 bits per heavy atom. The molecule has 0 fully saturated rings. The molecule has 0 atom stereocenters. The van der Waals surface area contributed by atoms with Crippen molar-refractivity contribution >= 4 is 5.95 Å². The van der Waals surface area contributed by atoms with Gasteiger partial charge < -0.3 is 10.5 Å². The van der Waals surface area contributed by atoms with Gasteiger partial charge in [0, 0.05) is 13.5 Å². The summed E-state index contributed by atoms with van der Waals surface area (Å²) in [5.74, 6) is 2.01. The number of nitrogens with two attached hydrogens (primary N) is 1. The molecule has 16 heavy (non-hydrogen) atoms. The summed E-state index contributed by atoms with van der Waals surface area (Å²) in [7, 11) is 3.43. The maximum absolute atomic E-state index is 5.61. The molecule has 0 spiro atoms. The molecule has 0 radical (unpaired) electrons. The molecule has 5 heteroatoms. The average Bonchev–Trinajstić information content (AvgIpc) is 2.59. The quantitative estimate of drug-likeness (QED) is 0.834. The summed E-state index contributed by atoms with van der Waals surface area (Å²) < 4.78 is 6.66. The predicted octanol–water partition coefficient (Wildman–Crippen LogP) is 0.997. The van der Waals surface area contributed by atoms with Crippen molar-refractivity contribution in [2.75, 3.05) is 12.8 Å². The number of methoxy groups -OCH3 is 1. The van der Waals surface area contributed by atoms with Crippen LogP contribution in [0.5, 0.6) is 5.75 Å². The van der Waals surface area contributed by atoms with E-state index in [1.807, 2.05) is 24.3 Å². The van der Waals surface area contributed by atoms with Crippen LogP contribution in [-0.4, -0.2) is 21.9 Å². The van der Waals surface area contributed by atoms with Gasteiger partial charge in [-0.1, -0.05) is 12.1 Å². The molecule has 5 nitrogen and oxygen atoms in total. The van der Waals surface area contributed by atoms with Crippen molar-refractivity contribution in [2.45, 2.75) is 6.42 Å². The molecule has 2 rings (SSSR count). The molecule has 2 aromatic rings. The van der Waals surface area contributed by atoms with Crippen molar-refractivity contribution in [3.63, 3.8) is 0 Å². The Bertz CT molecular complexity index is 456. The fourth-order valence-corrected chi connectivity index (χ4v) is 1.45. The van der Waals surface area contributed by atoms with E-state index in [1.54, 1.807) is 18.8 Å². The van der Waals surface area contributed by atoms with Gasteiger partial charge in [-0.2, -0.15) is 10.1 Å². The fourth-order valence-electron chi connectivity index (χ4n) is 1.45. The van der Waals surface area contributed by atoms with E-state index in [9.17, 15) is 0 Å². The Morgan fingerprint density at radius 1 is 1.31 bits per heavy atom. The molecule has 0 saturated heterocycles. The van der Waals surface area contributed by atoms with Crippen LogP contribution in [0.2, 0.25) is 0 Å². The Morgan fingerprint density at radius 3 is 2.50 bits per heavy atom. The van der Waals surface area contributed by atoms with Crippen molar-refractivity contribution in [1.29, 1.82) is 0 Å². The zero-order valence-electron chi connectivity index (χ0n) is 9.34. The van der Waals surface area contributed by atoms with Crippen LogP contribution < -0.4 is 10.5 Å². The van der Waals surface area contributed by atoms with Crippen molar-refractivity contribution < 1.29 is 4.74 Å². The average molecular weight is 218 g/mol. The molecule has 1 heterocycles. The van der Waals surface area contributed by atoms with Crippen molar-refractivity contribution in [2.24, 2.45) is 7.05 Å². The van der Waals surface area contributed by atoms with Crippen LogP contribution in [0.25, 0.3) is 0 Å². The SMILES string of the molecule is COc1ccc(Cc2nc(N)n(C)n2)cc1. The van der Waals surface area contributed by atoms with Gasteiger partial charge >= 0.3 is 0 Å². The number of hydrogen-bond donors (Lipinski definition) is 1. The predicted molar refractivity (Wildman–Crippen MR) is 61.2 cm³/mol. The number of nitrogens with zero attached hydrogens (tertiary/aromatic N) is 3. The lowest BCUT2D eigenvalue weighted by Gasteiger charge is -2.00. The number of hydrogen-bond acceptors (Lipinski definition) is 4. The molecular formula is C11H14N4O. The smallest absolute Gasteiger partial charge is 0.218 e. The van der Waals surface area contributed by atoms with Gasteiger partial charge in [-0.05, 0) is 17.7 Å². The van der Waals surface area contributed by atoms with Gasteiger partial charge in [0.15, 0.2) is 5.82 Å². The second-order valence-electron chi connectivity index (χ2n) is 3.53. The van der Waals surface area contributed by atoms with Crippen LogP contribution in [0.3, 0.4) is 0 Å². The number of anilines is 1. The first-order chi connectivity index (χ1) is 7.69. The first kappa shape index (κ1) is 10.5. The summed E-state index contributed by atoms with van der Waals surface area (Å²) in [6.45, 7) is 0. The second kappa shape index (κ2) is 4.22. The summed E-state index contributed by atoms with van der Waals surface area (Å²) >= 11 is 0. The molecule has 1 aromatic carbocycles. The lowest BCUT2D eigenvalue weighted by atomic mass is 10.1. The first-order valence-corrected chi connectivity index (χ1v) is 4.97. The molecule has 0 amide bonds. The van der Waals surface area contributed by atoms with Gasteiger partial charge in [0.2, 0.25) is 5.95 Å². The summed E-state index contributed by atoms with van der Waals surface area (Å²) in [5.41, 5.74) is 6.74. The summed E-state index contributed by atoms with van der Waals surface area (Å²) in [5, 5.41) is 4.20. The highest BCUT2D eigenvalue weighted by molar-refractivity contribution is 5.29. The fraction of sp³-hybridized carbons (Fsp3) is 0.273. The highest BCUT2D eigenvalue weighted by Gasteiger charge is 2.04. The molecule has 0 saturated carbocycles. The summed E-state index contributed by atoms with van der Waals surface area (Å²) in [6, 6.07) is 7.82. The third-order valence-corrected chi connectivity index (χ3v) is 2.36. The molecular weight excluding hydrogens is 204 g/mol. The normalized spacial score (nSPS) is 10.4.